The van der Waals surface area contributed by atoms with Gasteiger partial charge in [-0.15, -0.1) is 0 Å². The van der Waals surface area contributed by atoms with Crippen LogP contribution >= 0.6 is 0 Å². The van der Waals surface area contributed by atoms with Crippen molar-refractivity contribution in [2.24, 2.45) is 5.92 Å². The highest BCUT2D eigenvalue weighted by Gasteiger charge is 2.57. The minimum atomic E-state index is -4.53. The number of rotatable bonds is 3. The van der Waals surface area contributed by atoms with Gasteiger partial charge in [0.05, 0.1) is 30.8 Å². The quantitative estimate of drug-likeness (QED) is 0.347. The number of carbonyl (C=O) groups is 1. The van der Waals surface area contributed by atoms with Crippen LogP contribution in [0.4, 0.5) is 17.6 Å². The van der Waals surface area contributed by atoms with E-state index < -0.39 is 40.9 Å². The van der Waals surface area contributed by atoms with E-state index in [9.17, 15) is 22.4 Å². The number of halogens is 4. The standard InChI is InChI=1S/C25H23F4NO4/c1-13-30-20-10-16(25(27,28)29)9-19(22(20)34-13)15-11-24(33-12-15)8-7-18(23(31)32-2)21(24)14-3-5-17(26)6-4-14/h3-6,9-10,15,18,21H,7-8,11-12H2,1-2H3/t15-,18+,21-,24-/m1/s1. The zero-order valence-corrected chi connectivity index (χ0v) is 18.6. The first-order valence-electron chi connectivity index (χ1n) is 11.1. The third-order valence-electron chi connectivity index (χ3n) is 7.14. The molecule has 1 saturated carbocycles. The fraction of sp³-hybridized carbons (Fsp3) is 0.440. The number of hydrogen-bond donors (Lipinski definition) is 0. The number of fused-ring (bicyclic) bond motifs is 1. The first-order valence-corrected chi connectivity index (χ1v) is 11.1. The Bertz CT molecular complexity index is 1240. The van der Waals surface area contributed by atoms with Gasteiger partial charge < -0.3 is 13.9 Å². The Morgan fingerprint density at radius 3 is 2.62 bits per heavy atom. The topological polar surface area (TPSA) is 61.6 Å². The number of hydrogen-bond acceptors (Lipinski definition) is 5. The second-order valence-electron chi connectivity index (χ2n) is 9.12. The van der Waals surface area contributed by atoms with Gasteiger partial charge in [0.2, 0.25) is 0 Å². The SMILES string of the molecule is COC(=O)[C@H]1CC[C@@]2(C[C@@H](c3cc(C(F)(F)F)cc4nc(C)oc34)CO2)[C@@H]1c1ccc(F)cc1. The van der Waals surface area contributed by atoms with E-state index in [1.807, 2.05) is 0 Å². The summed E-state index contributed by atoms with van der Waals surface area (Å²) in [6, 6.07) is 8.01. The van der Waals surface area contributed by atoms with Crippen LogP contribution < -0.4 is 0 Å². The molecule has 1 aromatic heterocycles. The number of esters is 1. The van der Waals surface area contributed by atoms with Crippen LogP contribution in [0, 0.1) is 18.7 Å². The molecular weight excluding hydrogens is 454 g/mol. The summed E-state index contributed by atoms with van der Waals surface area (Å²) < 4.78 is 71.5. The Hall–Kier alpha value is -2.94. The van der Waals surface area contributed by atoms with Crippen molar-refractivity contribution in [1.82, 2.24) is 4.98 Å². The lowest BCUT2D eigenvalue weighted by Gasteiger charge is -2.33. The van der Waals surface area contributed by atoms with Gasteiger partial charge in [-0.1, -0.05) is 12.1 Å². The molecular formula is C25H23F4NO4. The first-order chi connectivity index (χ1) is 16.1. The molecule has 3 aromatic rings. The van der Waals surface area contributed by atoms with Crippen LogP contribution in [0.1, 0.15) is 53.7 Å². The number of oxazole rings is 1. The molecule has 34 heavy (non-hydrogen) atoms. The summed E-state index contributed by atoms with van der Waals surface area (Å²) in [6.45, 7) is 1.76. The molecule has 5 rings (SSSR count). The van der Waals surface area contributed by atoms with E-state index in [0.717, 1.165) is 17.7 Å². The van der Waals surface area contributed by atoms with Gasteiger partial charge in [-0.2, -0.15) is 13.2 Å². The first kappa shape index (κ1) is 22.8. The molecule has 0 bridgehead atoms. The fourth-order valence-corrected chi connectivity index (χ4v) is 5.73. The zero-order valence-electron chi connectivity index (χ0n) is 18.6. The Kier molecular flexibility index (Phi) is 5.42. The maximum absolute atomic E-state index is 13.6. The molecule has 0 amide bonds. The van der Waals surface area contributed by atoms with E-state index in [1.165, 1.54) is 19.2 Å². The van der Waals surface area contributed by atoms with Crippen molar-refractivity contribution < 1.29 is 36.2 Å². The summed E-state index contributed by atoms with van der Waals surface area (Å²) in [5, 5.41) is 0. The fourth-order valence-electron chi connectivity index (χ4n) is 5.73. The number of aryl methyl sites for hydroxylation is 1. The Labute approximate surface area is 193 Å². The highest BCUT2D eigenvalue weighted by molar-refractivity contribution is 5.79. The minimum absolute atomic E-state index is 0.150. The van der Waals surface area contributed by atoms with E-state index in [-0.39, 0.29) is 24.0 Å². The molecule has 2 aliphatic rings. The summed E-state index contributed by atoms with van der Waals surface area (Å²) in [5.74, 6) is -1.81. The highest BCUT2D eigenvalue weighted by atomic mass is 19.4. The van der Waals surface area contributed by atoms with E-state index in [4.69, 9.17) is 13.9 Å². The second kappa shape index (κ2) is 8.08. The number of methoxy groups -OCH3 is 1. The molecule has 2 aromatic carbocycles. The van der Waals surface area contributed by atoms with Gasteiger partial charge in [-0.25, -0.2) is 9.37 Å². The molecule has 1 saturated heterocycles. The number of alkyl halides is 3. The molecule has 5 nitrogen and oxygen atoms in total. The van der Waals surface area contributed by atoms with Crippen LogP contribution in [0.3, 0.4) is 0 Å². The lowest BCUT2D eigenvalue weighted by Crippen LogP contribution is -2.35. The molecule has 4 atom stereocenters. The monoisotopic (exact) mass is 477 g/mol. The maximum Gasteiger partial charge on any atom is 0.416 e. The smallest absolute Gasteiger partial charge is 0.416 e. The third kappa shape index (κ3) is 3.76. The molecule has 9 heteroatoms. The van der Waals surface area contributed by atoms with Crippen molar-refractivity contribution in [1.29, 1.82) is 0 Å². The van der Waals surface area contributed by atoms with Gasteiger partial charge in [0.25, 0.3) is 0 Å². The largest absolute Gasteiger partial charge is 0.469 e. The van der Waals surface area contributed by atoms with E-state index in [2.05, 4.69) is 4.98 Å². The predicted molar refractivity (Wildman–Crippen MR) is 114 cm³/mol. The minimum Gasteiger partial charge on any atom is -0.469 e. The van der Waals surface area contributed by atoms with Gasteiger partial charge in [-0.3, -0.25) is 4.79 Å². The van der Waals surface area contributed by atoms with Crippen molar-refractivity contribution in [3.8, 4) is 0 Å². The molecule has 1 spiro atoms. The maximum atomic E-state index is 13.6. The van der Waals surface area contributed by atoms with Crippen molar-refractivity contribution in [2.75, 3.05) is 13.7 Å². The predicted octanol–water partition coefficient (Wildman–Crippen LogP) is 5.90. The Balaban J connectivity index is 1.56. The number of aromatic nitrogens is 1. The van der Waals surface area contributed by atoms with Gasteiger partial charge in [0.15, 0.2) is 11.5 Å². The summed E-state index contributed by atoms with van der Waals surface area (Å²) in [5.41, 5.74) is 0.00509. The van der Waals surface area contributed by atoms with Crippen LogP contribution in [-0.4, -0.2) is 30.3 Å². The van der Waals surface area contributed by atoms with Crippen molar-refractivity contribution in [2.45, 2.75) is 49.8 Å². The van der Waals surface area contributed by atoms with Crippen LogP contribution in [0.2, 0.25) is 0 Å². The lowest BCUT2D eigenvalue weighted by molar-refractivity contribution is -0.147. The molecule has 0 radical (unpaired) electrons. The third-order valence-corrected chi connectivity index (χ3v) is 7.14. The lowest BCUT2D eigenvalue weighted by atomic mass is 9.76. The van der Waals surface area contributed by atoms with E-state index in [0.29, 0.717) is 30.4 Å². The number of benzene rings is 2. The molecule has 180 valence electrons. The van der Waals surface area contributed by atoms with E-state index in [1.54, 1.807) is 19.1 Å². The molecule has 2 fully saturated rings. The summed E-state index contributed by atoms with van der Waals surface area (Å²) in [7, 11) is 1.32. The Morgan fingerprint density at radius 1 is 1.21 bits per heavy atom. The van der Waals surface area contributed by atoms with E-state index >= 15 is 0 Å². The number of nitrogens with zero attached hydrogens (tertiary/aromatic N) is 1. The van der Waals surface area contributed by atoms with Crippen molar-refractivity contribution in [3.05, 3.63) is 64.8 Å². The number of ether oxygens (including phenoxy) is 2. The molecule has 0 N–H and O–H groups in total. The van der Waals surface area contributed by atoms with Crippen LogP contribution in [-0.2, 0) is 20.4 Å². The molecule has 2 heterocycles. The second-order valence-corrected chi connectivity index (χ2v) is 9.12. The highest BCUT2D eigenvalue weighted by Crippen LogP contribution is 2.57. The molecule has 1 aliphatic heterocycles. The normalized spacial score (nSPS) is 27.1. The zero-order chi connectivity index (χ0) is 24.3. The summed E-state index contributed by atoms with van der Waals surface area (Å²) in [4.78, 5) is 16.7. The van der Waals surface area contributed by atoms with Crippen LogP contribution in [0.25, 0.3) is 11.1 Å². The number of carbonyl (C=O) groups excluding carboxylic acids is 1. The van der Waals surface area contributed by atoms with Crippen LogP contribution in [0.5, 0.6) is 0 Å². The van der Waals surface area contributed by atoms with Gasteiger partial charge in [-0.05, 0) is 49.1 Å². The average Bonchev–Trinajstić information content (AvgIpc) is 3.49. The van der Waals surface area contributed by atoms with Gasteiger partial charge >= 0.3 is 12.1 Å². The van der Waals surface area contributed by atoms with Crippen LogP contribution in [0.15, 0.2) is 40.8 Å². The summed E-state index contributed by atoms with van der Waals surface area (Å²) >= 11 is 0. The summed E-state index contributed by atoms with van der Waals surface area (Å²) in [6.07, 6.45) is -3.12. The average molecular weight is 477 g/mol. The van der Waals surface area contributed by atoms with Crippen molar-refractivity contribution in [3.63, 3.8) is 0 Å². The van der Waals surface area contributed by atoms with Gasteiger partial charge in [0, 0.05) is 24.3 Å². The molecule has 0 unspecified atom stereocenters. The molecule has 1 aliphatic carbocycles. The van der Waals surface area contributed by atoms with Gasteiger partial charge in [0.1, 0.15) is 11.3 Å². The van der Waals surface area contributed by atoms with Crippen molar-refractivity contribution >= 4 is 17.1 Å². The Morgan fingerprint density at radius 2 is 1.94 bits per heavy atom.